The van der Waals surface area contributed by atoms with Crippen LogP contribution in [0.4, 0.5) is 0 Å². The number of carbonyl (C=O) groups is 1. The Bertz CT molecular complexity index is 823. The van der Waals surface area contributed by atoms with E-state index in [0.29, 0.717) is 5.56 Å². The molecule has 0 amide bonds. The normalized spacial score (nSPS) is 12.0. The van der Waals surface area contributed by atoms with Crippen LogP contribution in [0.15, 0.2) is 54.6 Å². The van der Waals surface area contributed by atoms with Crippen molar-refractivity contribution >= 4 is 27.5 Å². The lowest BCUT2D eigenvalue weighted by atomic mass is 9.97. The van der Waals surface area contributed by atoms with Crippen molar-refractivity contribution in [1.29, 1.82) is 5.26 Å². The number of ether oxygens (including phenoxy) is 1. The van der Waals surface area contributed by atoms with Crippen LogP contribution in [0.2, 0.25) is 0 Å². The molecule has 0 heterocycles. The van der Waals surface area contributed by atoms with Crippen molar-refractivity contribution < 1.29 is 9.53 Å². The number of nitrogens with zero attached hydrogens (tertiary/aromatic N) is 1. The molecule has 0 aromatic heterocycles. The van der Waals surface area contributed by atoms with E-state index < -0.39 is 12.1 Å². The number of rotatable bonds is 2. The minimum absolute atomic E-state index is 0.461. The number of benzene rings is 3. The monoisotopic (exact) mass is 275 g/mol. The zero-order valence-corrected chi connectivity index (χ0v) is 11.5. The van der Waals surface area contributed by atoms with Gasteiger partial charge in [-0.3, -0.25) is 0 Å². The van der Waals surface area contributed by atoms with Gasteiger partial charge < -0.3 is 4.74 Å². The predicted molar refractivity (Wildman–Crippen MR) is 81.9 cm³/mol. The molecule has 0 aliphatic carbocycles. The summed E-state index contributed by atoms with van der Waals surface area (Å²) in [5, 5.41) is 12.5. The third-order valence-electron chi connectivity index (χ3n) is 3.44. The summed E-state index contributed by atoms with van der Waals surface area (Å²) in [7, 11) is 0. The van der Waals surface area contributed by atoms with Gasteiger partial charge in [-0.25, -0.2) is 4.79 Å². The second kappa shape index (κ2) is 5.26. The van der Waals surface area contributed by atoms with E-state index in [2.05, 4.69) is 6.07 Å². The number of hydrogen-bond acceptors (Lipinski definition) is 3. The van der Waals surface area contributed by atoms with Gasteiger partial charge in [-0.05, 0) is 34.5 Å². The second-order valence-corrected chi connectivity index (χ2v) is 4.87. The van der Waals surface area contributed by atoms with Gasteiger partial charge in [-0.2, -0.15) is 5.26 Å². The Morgan fingerprint density at radius 2 is 1.57 bits per heavy atom. The molecule has 3 nitrogen and oxygen atoms in total. The Balaban J connectivity index is 2.30. The van der Waals surface area contributed by atoms with E-state index in [1.165, 1.54) is 0 Å². The van der Waals surface area contributed by atoms with E-state index >= 15 is 0 Å². The highest BCUT2D eigenvalue weighted by Gasteiger charge is 2.18. The first-order chi connectivity index (χ1) is 10.2. The quantitative estimate of drug-likeness (QED) is 0.523. The molecule has 3 heteroatoms. The largest absolute Gasteiger partial charge is 0.444 e. The number of carbonyl (C=O) groups excluding carboxylic acids is 1. The van der Waals surface area contributed by atoms with Gasteiger partial charge >= 0.3 is 5.97 Å². The summed E-state index contributed by atoms with van der Waals surface area (Å²) in [5.74, 6) is -0.461. The first-order valence-corrected chi connectivity index (χ1v) is 6.72. The van der Waals surface area contributed by atoms with Crippen LogP contribution in [0, 0.1) is 11.3 Å². The predicted octanol–water partition coefficient (Wildman–Crippen LogP) is 4.06. The molecule has 3 rings (SSSR count). The first-order valence-electron chi connectivity index (χ1n) is 6.72. The fourth-order valence-corrected chi connectivity index (χ4v) is 2.48. The zero-order chi connectivity index (χ0) is 14.8. The molecule has 3 aromatic carbocycles. The summed E-state index contributed by atoms with van der Waals surface area (Å²) in [6.07, 6.45) is -0.768. The lowest BCUT2D eigenvalue weighted by Gasteiger charge is -2.12. The SMILES string of the molecule is C[C@@H](C#N)OC(=O)c1c2ccccc2cc2ccccc12. The molecule has 0 N–H and O–H groups in total. The second-order valence-electron chi connectivity index (χ2n) is 4.87. The van der Waals surface area contributed by atoms with Crippen molar-refractivity contribution in [3.63, 3.8) is 0 Å². The van der Waals surface area contributed by atoms with Gasteiger partial charge in [0, 0.05) is 0 Å². The van der Waals surface area contributed by atoms with E-state index in [0.717, 1.165) is 21.5 Å². The van der Waals surface area contributed by atoms with Gasteiger partial charge in [-0.15, -0.1) is 0 Å². The van der Waals surface area contributed by atoms with Crippen LogP contribution in [-0.4, -0.2) is 12.1 Å². The molecule has 0 bridgehead atoms. The maximum atomic E-state index is 12.5. The molecule has 0 spiro atoms. The average Bonchev–Trinajstić information content (AvgIpc) is 2.52. The summed E-state index contributed by atoms with van der Waals surface area (Å²) >= 11 is 0. The zero-order valence-electron chi connectivity index (χ0n) is 11.5. The molecule has 0 unspecified atom stereocenters. The minimum Gasteiger partial charge on any atom is -0.444 e. The summed E-state index contributed by atoms with van der Waals surface area (Å²) in [6.45, 7) is 1.56. The van der Waals surface area contributed by atoms with Gasteiger partial charge in [0.25, 0.3) is 0 Å². The molecule has 21 heavy (non-hydrogen) atoms. The number of fused-ring (bicyclic) bond motifs is 2. The third kappa shape index (κ3) is 2.32. The number of hydrogen-bond donors (Lipinski definition) is 0. The van der Waals surface area contributed by atoms with Crippen LogP contribution >= 0.6 is 0 Å². The average molecular weight is 275 g/mol. The van der Waals surface area contributed by atoms with Crippen molar-refractivity contribution in [2.75, 3.05) is 0 Å². The molecule has 1 atom stereocenters. The van der Waals surface area contributed by atoms with Crippen molar-refractivity contribution in [3.05, 3.63) is 60.2 Å². The van der Waals surface area contributed by atoms with Gasteiger partial charge in [0.05, 0.1) is 5.56 Å². The van der Waals surface area contributed by atoms with Crippen LogP contribution in [0.25, 0.3) is 21.5 Å². The molecule has 0 radical (unpaired) electrons. The highest BCUT2D eigenvalue weighted by Crippen LogP contribution is 2.29. The molecule has 102 valence electrons. The molecule has 0 saturated heterocycles. The van der Waals surface area contributed by atoms with Crippen molar-refractivity contribution in [1.82, 2.24) is 0 Å². The Morgan fingerprint density at radius 1 is 1.05 bits per heavy atom. The van der Waals surface area contributed by atoms with Crippen molar-refractivity contribution in [3.8, 4) is 6.07 Å². The highest BCUT2D eigenvalue weighted by molar-refractivity contribution is 6.16. The van der Waals surface area contributed by atoms with E-state index in [9.17, 15) is 4.79 Å². The summed E-state index contributed by atoms with van der Waals surface area (Å²) in [6, 6.07) is 19.3. The Kier molecular flexibility index (Phi) is 3.29. The third-order valence-corrected chi connectivity index (χ3v) is 3.44. The van der Waals surface area contributed by atoms with Crippen LogP contribution in [0.3, 0.4) is 0 Å². The topological polar surface area (TPSA) is 50.1 Å². The molecular weight excluding hydrogens is 262 g/mol. The van der Waals surface area contributed by atoms with Gasteiger partial charge in [0.15, 0.2) is 6.10 Å². The molecule has 0 saturated carbocycles. The first kappa shape index (κ1) is 13.1. The lowest BCUT2D eigenvalue weighted by molar-refractivity contribution is 0.0440. The maximum absolute atomic E-state index is 12.5. The molecule has 0 aliphatic rings. The van der Waals surface area contributed by atoms with E-state index in [1.807, 2.05) is 54.6 Å². The summed E-state index contributed by atoms with van der Waals surface area (Å²) in [5.41, 5.74) is 0.519. The number of nitriles is 1. The Hall–Kier alpha value is -2.86. The summed E-state index contributed by atoms with van der Waals surface area (Å²) < 4.78 is 5.20. The fraction of sp³-hybridized carbons (Fsp3) is 0.111. The summed E-state index contributed by atoms with van der Waals surface area (Å²) in [4.78, 5) is 12.5. The minimum atomic E-state index is -0.768. The lowest BCUT2D eigenvalue weighted by Crippen LogP contribution is -2.13. The van der Waals surface area contributed by atoms with Gasteiger partial charge in [0.2, 0.25) is 0 Å². The molecule has 0 fully saturated rings. The van der Waals surface area contributed by atoms with Crippen LogP contribution in [-0.2, 0) is 4.74 Å². The van der Waals surface area contributed by atoms with E-state index in [4.69, 9.17) is 10.00 Å². The van der Waals surface area contributed by atoms with E-state index in [1.54, 1.807) is 6.92 Å². The number of esters is 1. The van der Waals surface area contributed by atoms with Crippen LogP contribution in [0.1, 0.15) is 17.3 Å². The standard InChI is InChI=1S/C18H13NO2/c1-12(11-19)21-18(20)17-15-8-4-2-6-13(15)10-14-7-3-5-9-16(14)17/h2-10,12H,1H3/t12-/m0/s1. The van der Waals surface area contributed by atoms with Crippen LogP contribution in [0.5, 0.6) is 0 Å². The van der Waals surface area contributed by atoms with Crippen molar-refractivity contribution in [2.45, 2.75) is 13.0 Å². The Morgan fingerprint density at radius 3 is 2.10 bits per heavy atom. The van der Waals surface area contributed by atoms with E-state index in [-0.39, 0.29) is 0 Å². The molecular formula is C18H13NO2. The van der Waals surface area contributed by atoms with Gasteiger partial charge in [-0.1, -0.05) is 48.5 Å². The van der Waals surface area contributed by atoms with Crippen molar-refractivity contribution in [2.24, 2.45) is 0 Å². The van der Waals surface area contributed by atoms with Gasteiger partial charge in [0.1, 0.15) is 6.07 Å². The smallest absolute Gasteiger partial charge is 0.340 e. The maximum Gasteiger partial charge on any atom is 0.340 e. The Labute approximate surface area is 122 Å². The highest BCUT2D eigenvalue weighted by atomic mass is 16.5. The van der Waals surface area contributed by atoms with Crippen LogP contribution < -0.4 is 0 Å². The molecule has 3 aromatic rings. The molecule has 0 aliphatic heterocycles. The fourth-order valence-electron chi connectivity index (χ4n) is 2.48.